The molecule has 0 aliphatic heterocycles. The topological polar surface area (TPSA) is 66.0 Å². The van der Waals surface area contributed by atoms with E-state index in [1.54, 1.807) is 13.4 Å². The standard InChI is InChI=1S/C15H22N4O/c1-10(2)19-15(17-9-18-19)8-13(16)12-6-5-11(3)7-14(12)20-4/h5-7,9-10,13H,8,16H2,1-4H3. The SMILES string of the molecule is COc1cc(C)ccc1C(N)Cc1ncnn1C(C)C. The van der Waals surface area contributed by atoms with E-state index >= 15 is 0 Å². The highest BCUT2D eigenvalue weighted by molar-refractivity contribution is 5.39. The quantitative estimate of drug-likeness (QED) is 0.909. The van der Waals surface area contributed by atoms with Crippen molar-refractivity contribution in [3.63, 3.8) is 0 Å². The Bertz CT molecular complexity index is 577. The van der Waals surface area contributed by atoms with Crippen LogP contribution in [-0.2, 0) is 6.42 Å². The molecule has 0 spiro atoms. The molecule has 1 aromatic carbocycles. The van der Waals surface area contributed by atoms with Gasteiger partial charge in [-0.1, -0.05) is 12.1 Å². The summed E-state index contributed by atoms with van der Waals surface area (Å²) < 4.78 is 7.32. The Morgan fingerprint density at radius 2 is 2.10 bits per heavy atom. The van der Waals surface area contributed by atoms with Gasteiger partial charge in [0.15, 0.2) is 0 Å². The van der Waals surface area contributed by atoms with E-state index in [0.717, 1.165) is 22.7 Å². The molecule has 5 heteroatoms. The third-order valence-corrected chi connectivity index (χ3v) is 3.33. The molecule has 0 aliphatic carbocycles. The van der Waals surface area contributed by atoms with Crippen LogP contribution < -0.4 is 10.5 Å². The number of aryl methyl sites for hydroxylation is 1. The number of nitrogens with two attached hydrogens (primary N) is 1. The van der Waals surface area contributed by atoms with Gasteiger partial charge in [-0.2, -0.15) is 5.10 Å². The van der Waals surface area contributed by atoms with Gasteiger partial charge >= 0.3 is 0 Å². The number of hydrogen-bond donors (Lipinski definition) is 1. The Labute approximate surface area is 119 Å². The van der Waals surface area contributed by atoms with E-state index in [1.807, 2.05) is 29.8 Å². The molecular weight excluding hydrogens is 252 g/mol. The Kier molecular flexibility index (Phi) is 4.39. The van der Waals surface area contributed by atoms with Crippen molar-refractivity contribution < 1.29 is 4.74 Å². The molecule has 1 unspecified atom stereocenters. The van der Waals surface area contributed by atoms with Crippen LogP contribution in [0.5, 0.6) is 5.75 Å². The van der Waals surface area contributed by atoms with Crippen molar-refractivity contribution in [1.82, 2.24) is 14.8 Å². The summed E-state index contributed by atoms with van der Waals surface area (Å²) in [6.07, 6.45) is 2.21. The predicted molar refractivity (Wildman–Crippen MR) is 78.8 cm³/mol. The predicted octanol–water partition coefficient (Wildman–Crippen LogP) is 2.42. The van der Waals surface area contributed by atoms with Crippen LogP contribution in [0.2, 0.25) is 0 Å². The summed E-state index contributed by atoms with van der Waals surface area (Å²) in [7, 11) is 1.67. The summed E-state index contributed by atoms with van der Waals surface area (Å²) >= 11 is 0. The molecule has 0 saturated carbocycles. The molecule has 0 radical (unpaired) electrons. The largest absolute Gasteiger partial charge is 0.496 e. The van der Waals surface area contributed by atoms with Crippen molar-refractivity contribution in [2.45, 2.75) is 39.3 Å². The number of rotatable bonds is 5. The first-order valence-corrected chi connectivity index (χ1v) is 6.81. The second kappa shape index (κ2) is 6.05. The van der Waals surface area contributed by atoms with Crippen LogP contribution in [0.25, 0.3) is 0 Å². The number of nitrogens with zero attached hydrogens (tertiary/aromatic N) is 3. The number of aromatic nitrogens is 3. The van der Waals surface area contributed by atoms with Crippen molar-refractivity contribution in [2.75, 3.05) is 7.11 Å². The summed E-state index contributed by atoms with van der Waals surface area (Å²) in [6, 6.07) is 6.19. The van der Waals surface area contributed by atoms with Gasteiger partial charge < -0.3 is 10.5 Å². The minimum Gasteiger partial charge on any atom is -0.496 e. The summed E-state index contributed by atoms with van der Waals surface area (Å²) in [5, 5.41) is 4.24. The molecule has 1 heterocycles. The number of hydrogen-bond acceptors (Lipinski definition) is 4. The highest BCUT2D eigenvalue weighted by Crippen LogP contribution is 2.27. The molecule has 2 aromatic rings. The zero-order valence-corrected chi connectivity index (χ0v) is 12.5. The van der Waals surface area contributed by atoms with Gasteiger partial charge in [0.2, 0.25) is 0 Å². The van der Waals surface area contributed by atoms with E-state index < -0.39 is 0 Å². The molecular formula is C15H22N4O. The average Bonchev–Trinajstić information content (AvgIpc) is 2.86. The normalized spacial score (nSPS) is 12.7. The maximum absolute atomic E-state index is 6.32. The molecule has 1 atom stereocenters. The van der Waals surface area contributed by atoms with Crippen molar-refractivity contribution in [1.29, 1.82) is 0 Å². The molecule has 0 saturated heterocycles. The third-order valence-electron chi connectivity index (χ3n) is 3.33. The lowest BCUT2D eigenvalue weighted by Crippen LogP contribution is -2.18. The van der Waals surface area contributed by atoms with Gasteiger partial charge in [0, 0.05) is 24.1 Å². The van der Waals surface area contributed by atoms with Crippen LogP contribution in [-0.4, -0.2) is 21.9 Å². The number of methoxy groups -OCH3 is 1. The van der Waals surface area contributed by atoms with Gasteiger partial charge in [0.05, 0.1) is 7.11 Å². The highest BCUT2D eigenvalue weighted by Gasteiger charge is 2.16. The summed E-state index contributed by atoms with van der Waals surface area (Å²) in [6.45, 7) is 6.19. The summed E-state index contributed by atoms with van der Waals surface area (Å²) in [4.78, 5) is 4.31. The maximum atomic E-state index is 6.32. The fraction of sp³-hybridized carbons (Fsp3) is 0.467. The first-order chi connectivity index (χ1) is 9.52. The lowest BCUT2D eigenvalue weighted by atomic mass is 10.0. The average molecular weight is 274 g/mol. The zero-order valence-electron chi connectivity index (χ0n) is 12.5. The number of ether oxygens (including phenoxy) is 1. The first-order valence-electron chi connectivity index (χ1n) is 6.81. The van der Waals surface area contributed by atoms with Gasteiger partial charge in [-0.05, 0) is 32.4 Å². The van der Waals surface area contributed by atoms with Crippen molar-refractivity contribution >= 4 is 0 Å². The number of benzene rings is 1. The molecule has 0 fully saturated rings. The Hall–Kier alpha value is -1.88. The zero-order chi connectivity index (χ0) is 14.7. The summed E-state index contributed by atoms with van der Waals surface area (Å²) in [5.41, 5.74) is 8.47. The second-order valence-corrected chi connectivity index (χ2v) is 5.27. The van der Waals surface area contributed by atoms with Crippen molar-refractivity contribution in [2.24, 2.45) is 5.73 Å². The van der Waals surface area contributed by atoms with E-state index in [2.05, 4.69) is 23.9 Å². The molecule has 2 rings (SSSR count). The first kappa shape index (κ1) is 14.5. The van der Waals surface area contributed by atoms with E-state index in [9.17, 15) is 0 Å². The molecule has 0 aliphatic rings. The van der Waals surface area contributed by atoms with Gasteiger partial charge in [0.1, 0.15) is 17.9 Å². The fourth-order valence-electron chi connectivity index (χ4n) is 2.28. The van der Waals surface area contributed by atoms with Crippen LogP contribution in [0.3, 0.4) is 0 Å². The van der Waals surface area contributed by atoms with Crippen molar-refractivity contribution in [3.05, 3.63) is 41.5 Å². The molecule has 1 aromatic heterocycles. The third kappa shape index (κ3) is 2.99. The van der Waals surface area contributed by atoms with Gasteiger partial charge in [-0.25, -0.2) is 9.67 Å². The van der Waals surface area contributed by atoms with Crippen LogP contribution in [0, 0.1) is 6.92 Å². The molecule has 0 amide bonds. The Balaban J connectivity index is 2.24. The van der Waals surface area contributed by atoms with Crippen LogP contribution in [0.1, 0.15) is 42.9 Å². The molecule has 0 bridgehead atoms. The monoisotopic (exact) mass is 274 g/mol. The minimum absolute atomic E-state index is 0.160. The second-order valence-electron chi connectivity index (χ2n) is 5.27. The fourth-order valence-corrected chi connectivity index (χ4v) is 2.28. The van der Waals surface area contributed by atoms with Gasteiger partial charge in [0.25, 0.3) is 0 Å². The maximum Gasteiger partial charge on any atom is 0.138 e. The van der Waals surface area contributed by atoms with Crippen molar-refractivity contribution in [3.8, 4) is 5.75 Å². The molecule has 108 valence electrons. The van der Waals surface area contributed by atoms with Gasteiger partial charge in [-0.3, -0.25) is 0 Å². The molecule has 5 nitrogen and oxygen atoms in total. The Morgan fingerprint density at radius 3 is 2.75 bits per heavy atom. The van der Waals surface area contributed by atoms with Crippen LogP contribution >= 0.6 is 0 Å². The van der Waals surface area contributed by atoms with E-state index in [1.165, 1.54) is 0 Å². The van der Waals surface area contributed by atoms with Crippen LogP contribution in [0.15, 0.2) is 24.5 Å². The highest BCUT2D eigenvalue weighted by atomic mass is 16.5. The molecule has 2 N–H and O–H groups in total. The van der Waals surface area contributed by atoms with E-state index in [4.69, 9.17) is 10.5 Å². The summed E-state index contributed by atoms with van der Waals surface area (Å²) in [5.74, 6) is 1.73. The smallest absolute Gasteiger partial charge is 0.138 e. The minimum atomic E-state index is -0.160. The Morgan fingerprint density at radius 1 is 1.35 bits per heavy atom. The van der Waals surface area contributed by atoms with E-state index in [0.29, 0.717) is 6.42 Å². The van der Waals surface area contributed by atoms with Gasteiger partial charge in [-0.15, -0.1) is 0 Å². The lowest BCUT2D eigenvalue weighted by Gasteiger charge is -2.17. The lowest BCUT2D eigenvalue weighted by molar-refractivity contribution is 0.403. The van der Waals surface area contributed by atoms with Crippen LogP contribution in [0.4, 0.5) is 0 Å². The van der Waals surface area contributed by atoms with E-state index in [-0.39, 0.29) is 12.1 Å². The molecule has 20 heavy (non-hydrogen) atoms.